The number of ether oxygens (including phenoxy) is 2. The quantitative estimate of drug-likeness (QED) is 0.886. The third kappa shape index (κ3) is 3.81. The van der Waals surface area contributed by atoms with Crippen molar-refractivity contribution in [3.05, 3.63) is 34.8 Å². The molecule has 0 aliphatic rings. The van der Waals surface area contributed by atoms with Crippen LogP contribution in [0.15, 0.2) is 24.3 Å². The molecule has 0 bridgehead atoms. The minimum Gasteiger partial charge on any atom is -0.494 e. The normalized spacial score (nSPS) is 11.7. The van der Waals surface area contributed by atoms with Crippen LogP contribution < -0.4 is 10.5 Å². The zero-order valence-corrected chi connectivity index (χ0v) is 13.8. The van der Waals surface area contributed by atoms with Crippen molar-refractivity contribution in [3.63, 3.8) is 0 Å². The molecule has 0 saturated heterocycles. The van der Waals surface area contributed by atoms with Gasteiger partial charge in [0.2, 0.25) is 0 Å². The van der Waals surface area contributed by atoms with Crippen LogP contribution in [0.3, 0.4) is 0 Å². The van der Waals surface area contributed by atoms with E-state index in [0.29, 0.717) is 13.2 Å². The van der Waals surface area contributed by atoms with Crippen LogP contribution in [-0.2, 0) is 16.9 Å². The van der Waals surface area contributed by atoms with Crippen LogP contribution in [0.1, 0.15) is 31.3 Å². The Morgan fingerprint density at radius 3 is 2.71 bits per heavy atom. The smallest absolute Gasteiger partial charge is 0.124 e. The third-order valence-corrected chi connectivity index (χ3v) is 4.44. The van der Waals surface area contributed by atoms with Crippen LogP contribution in [-0.4, -0.2) is 18.7 Å². The van der Waals surface area contributed by atoms with Gasteiger partial charge in [0.25, 0.3) is 0 Å². The van der Waals surface area contributed by atoms with Crippen molar-refractivity contribution in [2.24, 2.45) is 5.73 Å². The summed E-state index contributed by atoms with van der Waals surface area (Å²) in [5.74, 6) is 0.854. The Kier molecular flexibility index (Phi) is 4.98. The van der Waals surface area contributed by atoms with Crippen molar-refractivity contribution in [2.45, 2.75) is 32.9 Å². The van der Waals surface area contributed by atoms with E-state index in [1.807, 2.05) is 45.0 Å². The van der Waals surface area contributed by atoms with Gasteiger partial charge in [0.15, 0.2) is 0 Å². The van der Waals surface area contributed by atoms with Crippen LogP contribution in [0.4, 0.5) is 0 Å². The SMILES string of the molecule is CCOc1cccc(-c2nc(COC)c(C(C)(C)N)s2)c1. The molecule has 2 rings (SSSR count). The molecule has 2 aromatic rings. The minimum atomic E-state index is -0.429. The molecule has 114 valence electrons. The molecule has 0 unspecified atom stereocenters. The van der Waals surface area contributed by atoms with Crippen LogP contribution in [0.2, 0.25) is 0 Å². The van der Waals surface area contributed by atoms with Gasteiger partial charge < -0.3 is 15.2 Å². The Labute approximate surface area is 129 Å². The lowest BCUT2D eigenvalue weighted by Crippen LogP contribution is -2.28. The number of nitrogens with zero attached hydrogens (tertiary/aromatic N) is 1. The molecule has 0 amide bonds. The maximum absolute atomic E-state index is 6.25. The van der Waals surface area contributed by atoms with Crippen LogP contribution >= 0.6 is 11.3 Å². The Balaban J connectivity index is 2.42. The highest BCUT2D eigenvalue weighted by Gasteiger charge is 2.24. The fourth-order valence-corrected chi connectivity index (χ4v) is 3.18. The highest BCUT2D eigenvalue weighted by molar-refractivity contribution is 7.15. The third-order valence-electron chi connectivity index (χ3n) is 2.96. The molecule has 0 fully saturated rings. The summed E-state index contributed by atoms with van der Waals surface area (Å²) < 4.78 is 10.8. The second-order valence-corrected chi connectivity index (χ2v) is 6.41. The van der Waals surface area contributed by atoms with Crippen LogP contribution in [0.5, 0.6) is 5.75 Å². The average molecular weight is 306 g/mol. The summed E-state index contributed by atoms with van der Waals surface area (Å²) in [6.07, 6.45) is 0. The molecule has 0 radical (unpaired) electrons. The first-order chi connectivity index (χ1) is 9.95. The van der Waals surface area contributed by atoms with E-state index in [4.69, 9.17) is 20.2 Å². The van der Waals surface area contributed by atoms with Gasteiger partial charge in [-0.15, -0.1) is 11.3 Å². The van der Waals surface area contributed by atoms with E-state index < -0.39 is 5.54 Å². The summed E-state index contributed by atoms with van der Waals surface area (Å²) in [4.78, 5) is 5.75. The van der Waals surface area contributed by atoms with Crippen molar-refractivity contribution < 1.29 is 9.47 Å². The van der Waals surface area contributed by atoms with E-state index in [-0.39, 0.29) is 0 Å². The van der Waals surface area contributed by atoms with Gasteiger partial charge >= 0.3 is 0 Å². The van der Waals surface area contributed by atoms with Gasteiger partial charge in [0.1, 0.15) is 10.8 Å². The fourth-order valence-electron chi connectivity index (χ4n) is 2.10. The predicted octanol–water partition coefficient (Wildman–Crippen LogP) is 3.55. The molecule has 4 nitrogen and oxygen atoms in total. The van der Waals surface area contributed by atoms with Gasteiger partial charge in [-0.2, -0.15) is 0 Å². The highest BCUT2D eigenvalue weighted by atomic mass is 32.1. The fraction of sp³-hybridized carbons (Fsp3) is 0.438. The molecular formula is C16H22N2O2S. The number of hydrogen-bond donors (Lipinski definition) is 1. The Hall–Kier alpha value is -1.43. The Bertz CT molecular complexity index is 603. The van der Waals surface area contributed by atoms with Crippen molar-refractivity contribution in [1.82, 2.24) is 4.98 Å². The molecule has 0 saturated carbocycles. The number of nitrogens with two attached hydrogens (primary N) is 1. The zero-order chi connectivity index (χ0) is 15.5. The number of methoxy groups -OCH3 is 1. The molecule has 1 heterocycles. The lowest BCUT2D eigenvalue weighted by Gasteiger charge is -2.17. The molecule has 0 aliphatic carbocycles. The first-order valence-electron chi connectivity index (χ1n) is 6.97. The second kappa shape index (κ2) is 6.56. The standard InChI is InChI=1S/C16H22N2O2S/c1-5-20-12-8-6-7-11(9-12)15-18-13(10-19-4)14(21-15)16(2,3)17/h6-9H,5,10,17H2,1-4H3. The zero-order valence-electron chi connectivity index (χ0n) is 13.0. The van der Waals surface area contributed by atoms with Gasteiger partial charge in [-0.25, -0.2) is 4.98 Å². The molecule has 21 heavy (non-hydrogen) atoms. The Morgan fingerprint density at radius 2 is 2.10 bits per heavy atom. The van der Waals surface area contributed by atoms with Crippen molar-refractivity contribution in [3.8, 4) is 16.3 Å². The van der Waals surface area contributed by atoms with Gasteiger partial charge in [0, 0.05) is 23.1 Å². The number of hydrogen-bond acceptors (Lipinski definition) is 5. The van der Waals surface area contributed by atoms with Gasteiger partial charge in [-0.05, 0) is 32.9 Å². The lowest BCUT2D eigenvalue weighted by atomic mass is 10.0. The van der Waals surface area contributed by atoms with E-state index in [9.17, 15) is 0 Å². The first-order valence-corrected chi connectivity index (χ1v) is 7.78. The van der Waals surface area contributed by atoms with E-state index in [0.717, 1.165) is 26.9 Å². The molecule has 0 atom stereocenters. The molecular weight excluding hydrogens is 284 g/mol. The predicted molar refractivity (Wildman–Crippen MR) is 86.6 cm³/mol. The summed E-state index contributed by atoms with van der Waals surface area (Å²) in [7, 11) is 1.67. The van der Waals surface area contributed by atoms with Gasteiger partial charge in [-0.3, -0.25) is 0 Å². The second-order valence-electron chi connectivity index (χ2n) is 5.41. The summed E-state index contributed by atoms with van der Waals surface area (Å²) in [6, 6.07) is 7.97. The number of benzene rings is 1. The van der Waals surface area contributed by atoms with Gasteiger partial charge in [0.05, 0.1) is 18.9 Å². The maximum Gasteiger partial charge on any atom is 0.124 e. The summed E-state index contributed by atoms with van der Waals surface area (Å²) >= 11 is 1.61. The largest absolute Gasteiger partial charge is 0.494 e. The van der Waals surface area contributed by atoms with Crippen molar-refractivity contribution >= 4 is 11.3 Å². The molecule has 2 N–H and O–H groups in total. The highest BCUT2D eigenvalue weighted by Crippen LogP contribution is 2.35. The molecule has 0 aliphatic heterocycles. The number of aromatic nitrogens is 1. The van der Waals surface area contributed by atoms with E-state index in [1.54, 1.807) is 18.4 Å². The first kappa shape index (κ1) is 15.9. The average Bonchev–Trinajstić information content (AvgIpc) is 2.84. The molecule has 1 aromatic heterocycles. The number of rotatable bonds is 6. The van der Waals surface area contributed by atoms with Crippen LogP contribution in [0.25, 0.3) is 10.6 Å². The van der Waals surface area contributed by atoms with E-state index in [1.165, 1.54) is 0 Å². The number of thiazole rings is 1. The summed E-state index contributed by atoms with van der Waals surface area (Å²) in [5.41, 5.74) is 7.77. The maximum atomic E-state index is 6.25. The molecule has 5 heteroatoms. The molecule has 0 spiro atoms. The van der Waals surface area contributed by atoms with E-state index in [2.05, 4.69) is 0 Å². The van der Waals surface area contributed by atoms with Crippen LogP contribution in [0, 0.1) is 0 Å². The van der Waals surface area contributed by atoms with E-state index >= 15 is 0 Å². The van der Waals surface area contributed by atoms with Crippen molar-refractivity contribution in [2.75, 3.05) is 13.7 Å². The van der Waals surface area contributed by atoms with Crippen molar-refractivity contribution in [1.29, 1.82) is 0 Å². The molecule has 1 aromatic carbocycles. The summed E-state index contributed by atoms with van der Waals surface area (Å²) in [5, 5.41) is 0.942. The van der Waals surface area contributed by atoms with Gasteiger partial charge in [-0.1, -0.05) is 12.1 Å². The summed E-state index contributed by atoms with van der Waals surface area (Å²) in [6.45, 7) is 7.07. The Morgan fingerprint density at radius 1 is 1.33 bits per heavy atom. The monoisotopic (exact) mass is 306 g/mol. The minimum absolute atomic E-state index is 0.429. The topological polar surface area (TPSA) is 57.4 Å². The lowest BCUT2D eigenvalue weighted by molar-refractivity contribution is 0.180.